The molecule has 0 heterocycles. The smallest absolute Gasteiger partial charge is 0.256 e. The van der Waals surface area contributed by atoms with Crippen LogP contribution >= 0.6 is 0 Å². The lowest BCUT2D eigenvalue weighted by atomic mass is 10.1. The van der Waals surface area contributed by atoms with Gasteiger partial charge in [-0.25, -0.2) is 0 Å². The van der Waals surface area contributed by atoms with Crippen LogP contribution in [0.15, 0.2) is 18.2 Å². The Morgan fingerprint density at radius 2 is 2.00 bits per heavy atom. The van der Waals surface area contributed by atoms with Gasteiger partial charge in [0.25, 0.3) is 5.91 Å². The fourth-order valence-corrected chi connectivity index (χ4v) is 2.21. The number of carbonyl (C=O) groups excluding carboxylic acids is 1. The normalized spacial score (nSPS) is 10.5. The first-order chi connectivity index (χ1) is 10.1. The minimum absolute atomic E-state index is 0.000955. The molecule has 2 N–H and O–H groups in total. The fourth-order valence-electron chi connectivity index (χ4n) is 2.21. The van der Waals surface area contributed by atoms with E-state index >= 15 is 0 Å². The second-order valence-electron chi connectivity index (χ2n) is 5.35. The maximum absolute atomic E-state index is 12.7. The average molecular weight is 292 g/mol. The molecule has 1 amide bonds. The summed E-state index contributed by atoms with van der Waals surface area (Å²) in [4.78, 5) is 14.5. The highest BCUT2D eigenvalue weighted by Gasteiger charge is 2.18. The molecule has 1 aromatic rings. The van der Waals surface area contributed by atoms with Gasteiger partial charge in [-0.1, -0.05) is 26.3 Å². The molecule has 4 heteroatoms. The first-order valence-electron chi connectivity index (χ1n) is 7.88. The Labute approximate surface area is 128 Å². The van der Waals surface area contributed by atoms with E-state index in [-0.39, 0.29) is 12.5 Å². The number of nitrogens with zero attached hydrogens (tertiary/aromatic N) is 1. The summed E-state index contributed by atoms with van der Waals surface area (Å²) in [6.45, 7) is 8.15. The number of hydrogen-bond acceptors (Lipinski definition) is 3. The van der Waals surface area contributed by atoms with Gasteiger partial charge in [-0.05, 0) is 37.5 Å². The number of nitrogens with one attached hydrogen (secondary N) is 1. The van der Waals surface area contributed by atoms with Crippen LogP contribution in [0.2, 0.25) is 0 Å². The van der Waals surface area contributed by atoms with Crippen molar-refractivity contribution in [3.05, 3.63) is 29.3 Å². The summed E-state index contributed by atoms with van der Waals surface area (Å²) in [6, 6.07) is 5.85. The molecule has 1 rings (SSSR count). The third kappa shape index (κ3) is 5.38. The van der Waals surface area contributed by atoms with Gasteiger partial charge in [0.1, 0.15) is 0 Å². The number of amides is 1. The number of aliphatic hydroxyl groups is 1. The summed E-state index contributed by atoms with van der Waals surface area (Å²) in [6.07, 6.45) is 3.00. The van der Waals surface area contributed by atoms with Crippen molar-refractivity contribution < 1.29 is 9.90 Å². The Hall–Kier alpha value is -1.55. The molecule has 0 fully saturated rings. The first-order valence-corrected chi connectivity index (χ1v) is 7.88. The van der Waals surface area contributed by atoms with Crippen molar-refractivity contribution in [1.29, 1.82) is 0 Å². The van der Waals surface area contributed by atoms with Crippen molar-refractivity contribution in [3.63, 3.8) is 0 Å². The van der Waals surface area contributed by atoms with Crippen LogP contribution in [0.5, 0.6) is 0 Å². The molecule has 0 unspecified atom stereocenters. The second kappa shape index (κ2) is 9.40. The van der Waals surface area contributed by atoms with Crippen molar-refractivity contribution in [3.8, 4) is 0 Å². The average Bonchev–Trinajstić information content (AvgIpc) is 2.48. The van der Waals surface area contributed by atoms with Gasteiger partial charge in [0.05, 0.1) is 12.2 Å². The molecular weight excluding hydrogens is 264 g/mol. The van der Waals surface area contributed by atoms with Crippen LogP contribution in [0.4, 0.5) is 5.69 Å². The lowest BCUT2D eigenvalue weighted by Gasteiger charge is -2.23. The Morgan fingerprint density at radius 1 is 1.24 bits per heavy atom. The van der Waals surface area contributed by atoms with Crippen LogP contribution in [-0.4, -0.2) is 42.2 Å². The molecule has 0 aliphatic rings. The predicted octanol–water partition coefficient (Wildman–Crippen LogP) is 3.05. The van der Waals surface area contributed by atoms with Gasteiger partial charge in [0.15, 0.2) is 0 Å². The largest absolute Gasteiger partial charge is 0.395 e. The molecular formula is C17H28N2O2. The maximum atomic E-state index is 12.7. The SMILES string of the molecule is CCCCN(CCO)C(=O)c1ccc(C)cc1NCCC. The number of unbranched alkanes of at least 4 members (excludes halogenated alkanes) is 1. The molecule has 0 aliphatic heterocycles. The van der Waals surface area contributed by atoms with Crippen LogP contribution in [-0.2, 0) is 0 Å². The lowest BCUT2D eigenvalue weighted by molar-refractivity contribution is 0.0720. The van der Waals surface area contributed by atoms with E-state index in [9.17, 15) is 9.90 Å². The number of carbonyl (C=O) groups is 1. The molecule has 0 aromatic heterocycles. The Bertz CT molecular complexity index is 446. The zero-order valence-corrected chi connectivity index (χ0v) is 13.5. The highest BCUT2D eigenvalue weighted by molar-refractivity contribution is 5.99. The van der Waals surface area contributed by atoms with E-state index < -0.39 is 0 Å². The lowest BCUT2D eigenvalue weighted by Crippen LogP contribution is -2.35. The van der Waals surface area contributed by atoms with E-state index in [1.165, 1.54) is 0 Å². The third-order valence-electron chi connectivity index (χ3n) is 3.41. The Morgan fingerprint density at radius 3 is 2.62 bits per heavy atom. The van der Waals surface area contributed by atoms with Crippen LogP contribution in [0.1, 0.15) is 49.0 Å². The molecule has 0 bridgehead atoms. The summed E-state index contributed by atoms with van der Waals surface area (Å²) in [5.74, 6) is -0.00361. The van der Waals surface area contributed by atoms with Crippen molar-refractivity contribution in [1.82, 2.24) is 4.90 Å². The summed E-state index contributed by atoms with van der Waals surface area (Å²) in [7, 11) is 0. The zero-order chi connectivity index (χ0) is 15.7. The van der Waals surface area contributed by atoms with E-state index in [2.05, 4.69) is 19.2 Å². The summed E-state index contributed by atoms with van der Waals surface area (Å²) < 4.78 is 0. The number of aliphatic hydroxyl groups excluding tert-OH is 1. The summed E-state index contributed by atoms with van der Waals surface area (Å²) >= 11 is 0. The zero-order valence-electron chi connectivity index (χ0n) is 13.5. The minimum Gasteiger partial charge on any atom is -0.395 e. The molecule has 0 atom stereocenters. The molecule has 1 aromatic carbocycles. The maximum Gasteiger partial charge on any atom is 0.256 e. The molecule has 118 valence electrons. The fraction of sp³-hybridized carbons (Fsp3) is 0.588. The molecule has 0 aliphatic carbocycles. The van der Waals surface area contributed by atoms with Gasteiger partial charge in [0, 0.05) is 25.3 Å². The number of rotatable bonds is 9. The van der Waals surface area contributed by atoms with E-state index in [1.807, 2.05) is 25.1 Å². The van der Waals surface area contributed by atoms with Crippen LogP contribution in [0.25, 0.3) is 0 Å². The molecule has 0 saturated heterocycles. The number of hydrogen-bond donors (Lipinski definition) is 2. The molecule has 0 spiro atoms. The number of anilines is 1. The van der Waals surface area contributed by atoms with Crippen LogP contribution in [0, 0.1) is 6.92 Å². The summed E-state index contributed by atoms with van der Waals surface area (Å²) in [5, 5.41) is 12.5. The van der Waals surface area contributed by atoms with Crippen LogP contribution in [0.3, 0.4) is 0 Å². The topological polar surface area (TPSA) is 52.6 Å². The number of aryl methyl sites for hydroxylation is 1. The Kier molecular flexibility index (Phi) is 7.83. The van der Waals surface area contributed by atoms with E-state index in [1.54, 1.807) is 4.90 Å². The molecule has 0 radical (unpaired) electrons. The molecule has 0 saturated carbocycles. The quantitative estimate of drug-likeness (QED) is 0.735. The third-order valence-corrected chi connectivity index (χ3v) is 3.41. The highest BCUT2D eigenvalue weighted by Crippen LogP contribution is 2.20. The van der Waals surface area contributed by atoms with Crippen molar-refractivity contribution >= 4 is 11.6 Å². The molecule has 4 nitrogen and oxygen atoms in total. The van der Waals surface area contributed by atoms with Crippen LogP contribution < -0.4 is 5.32 Å². The van der Waals surface area contributed by atoms with E-state index in [4.69, 9.17) is 0 Å². The predicted molar refractivity (Wildman–Crippen MR) is 87.9 cm³/mol. The number of benzene rings is 1. The first kappa shape index (κ1) is 17.5. The van der Waals surface area contributed by atoms with Crippen molar-refractivity contribution in [2.45, 2.75) is 40.0 Å². The van der Waals surface area contributed by atoms with Gasteiger partial charge >= 0.3 is 0 Å². The monoisotopic (exact) mass is 292 g/mol. The summed E-state index contributed by atoms with van der Waals surface area (Å²) in [5.41, 5.74) is 2.72. The van der Waals surface area contributed by atoms with Gasteiger partial charge in [-0.3, -0.25) is 4.79 Å². The van der Waals surface area contributed by atoms with Gasteiger partial charge in [0.2, 0.25) is 0 Å². The highest BCUT2D eigenvalue weighted by atomic mass is 16.3. The van der Waals surface area contributed by atoms with Gasteiger partial charge in [-0.15, -0.1) is 0 Å². The van der Waals surface area contributed by atoms with Crippen molar-refractivity contribution in [2.24, 2.45) is 0 Å². The Balaban J connectivity index is 2.96. The van der Waals surface area contributed by atoms with Crippen molar-refractivity contribution in [2.75, 3.05) is 31.6 Å². The molecule has 21 heavy (non-hydrogen) atoms. The van der Waals surface area contributed by atoms with Gasteiger partial charge in [-0.2, -0.15) is 0 Å². The standard InChI is InChI=1S/C17H28N2O2/c1-4-6-10-19(11-12-20)17(21)15-8-7-14(3)13-16(15)18-9-5-2/h7-8,13,18,20H,4-6,9-12H2,1-3H3. The van der Waals surface area contributed by atoms with E-state index in [0.29, 0.717) is 18.7 Å². The van der Waals surface area contributed by atoms with Gasteiger partial charge < -0.3 is 15.3 Å². The van der Waals surface area contributed by atoms with E-state index in [0.717, 1.165) is 37.1 Å². The second-order valence-corrected chi connectivity index (χ2v) is 5.35. The minimum atomic E-state index is -0.00361.